The van der Waals surface area contributed by atoms with Gasteiger partial charge in [-0.15, -0.1) is 0 Å². The summed E-state index contributed by atoms with van der Waals surface area (Å²) in [5.41, 5.74) is -1.70. The number of para-hydroxylation sites is 1. The Balaban J connectivity index is 1.61. The minimum Gasteiger partial charge on any atom is -0.387 e. The summed E-state index contributed by atoms with van der Waals surface area (Å²) in [4.78, 5) is 54.0. The van der Waals surface area contributed by atoms with Gasteiger partial charge in [-0.25, -0.2) is 18.5 Å². The normalized spacial score (nSPS) is 27.5. The minimum atomic E-state index is -5.68. The van der Waals surface area contributed by atoms with E-state index in [9.17, 15) is 48.2 Å². The van der Waals surface area contributed by atoms with Crippen LogP contribution in [0.4, 0.5) is 5.69 Å². The van der Waals surface area contributed by atoms with Crippen LogP contribution in [0.5, 0.6) is 0 Å². The van der Waals surface area contributed by atoms with Crippen molar-refractivity contribution >= 4 is 29.1 Å². The van der Waals surface area contributed by atoms with E-state index in [-0.39, 0.29) is 5.69 Å². The zero-order chi connectivity index (χ0) is 26.0. The largest absolute Gasteiger partial charge is 0.489 e. The molecule has 7 atom stereocenters. The number of hydrogen-bond acceptors (Lipinski definition) is 11. The molecule has 0 radical (unpaired) electrons. The summed E-state index contributed by atoms with van der Waals surface area (Å²) in [5.74, 6) is 0. The van der Waals surface area contributed by atoms with Gasteiger partial charge in [-0.2, -0.15) is 8.62 Å². The first-order valence-corrected chi connectivity index (χ1v) is 14.0. The highest BCUT2D eigenvalue weighted by Gasteiger charge is 2.46. The van der Waals surface area contributed by atoms with Crippen LogP contribution in [-0.4, -0.2) is 59.4 Å². The van der Waals surface area contributed by atoms with E-state index in [1.165, 1.54) is 24.3 Å². The smallest absolute Gasteiger partial charge is 0.387 e. The second-order valence-electron chi connectivity index (χ2n) is 6.96. The molecule has 3 rings (SSSR count). The molecule has 2 heterocycles. The molecule has 7 N–H and O–H groups in total. The quantitative estimate of drug-likeness (QED) is 0.183. The third kappa shape index (κ3) is 7.51. The average Bonchev–Trinajstić information content (AvgIpc) is 2.99. The molecule has 35 heavy (non-hydrogen) atoms. The molecule has 0 bridgehead atoms. The number of phosphoric ester groups is 1. The monoisotopic (exact) mass is 559 g/mol. The number of rotatable bonds is 10. The first-order chi connectivity index (χ1) is 16.2. The van der Waals surface area contributed by atoms with Gasteiger partial charge in [0.1, 0.15) is 18.3 Å². The molecule has 0 saturated carbocycles. The molecule has 1 fully saturated rings. The van der Waals surface area contributed by atoms with Gasteiger partial charge in [-0.1, -0.05) is 18.2 Å². The van der Waals surface area contributed by atoms with Crippen molar-refractivity contribution in [3.8, 4) is 0 Å². The van der Waals surface area contributed by atoms with Gasteiger partial charge >= 0.3 is 29.1 Å². The second kappa shape index (κ2) is 10.6. The van der Waals surface area contributed by atoms with Gasteiger partial charge in [0.05, 0.1) is 6.61 Å². The lowest BCUT2D eigenvalue weighted by atomic mass is 10.1. The first kappa shape index (κ1) is 27.6. The number of aliphatic hydroxyl groups excluding tert-OH is 2. The van der Waals surface area contributed by atoms with E-state index in [2.05, 4.69) is 13.1 Å². The van der Waals surface area contributed by atoms with Crippen LogP contribution in [-0.2, 0) is 31.6 Å². The van der Waals surface area contributed by atoms with Crippen molar-refractivity contribution in [3.05, 3.63) is 63.4 Å². The van der Waals surface area contributed by atoms with Gasteiger partial charge in [0.2, 0.25) is 0 Å². The molecule has 0 spiro atoms. The molecule has 1 aromatic carbocycles. The van der Waals surface area contributed by atoms with E-state index in [1.807, 2.05) is 10.1 Å². The SMILES string of the molecule is O=c1ccn([C@@H]2O[C@H](COP(=O)(O)OP(=O)(O)OP(=O)(O)Nc3ccccc3)[C@H](O)C2O)c(=O)[nH]1. The summed E-state index contributed by atoms with van der Waals surface area (Å²) in [6.45, 7) is -1.01. The Morgan fingerprint density at radius 2 is 1.63 bits per heavy atom. The minimum absolute atomic E-state index is 0.0174. The van der Waals surface area contributed by atoms with Crippen LogP contribution in [0.1, 0.15) is 6.23 Å². The highest BCUT2D eigenvalue weighted by molar-refractivity contribution is 7.68. The number of aliphatic hydroxyl groups is 2. The third-order valence-corrected chi connectivity index (χ3v) is 8.71. The number of ether oxygens (including phenoxy) is 1. The molecule has 1 aliphatic heterocycles. The summed E-state index contributed by atoms with van der Waals surface area (Å²) in [6, 6.07) is 8.12. The van der Waals surface area contributed by atoms with Crippen molar-refractivity contribution < 1.29 is 56.5 Å². The van der Waals surface area contributed by atoms with Crippen molar-refractivity contribution in [1.82, 2.24) is 9.55 Å². The fourth-order valence-electron chi connectivity index (χ4n) is 2.90. The van der Waals surface area contributed by atoms with Crippen LogP contribution < -0.4 is 16.3 Å². The zero-order valence-electron chi connectivity index (χ0n) is 17.3. The van der Waals surface area contributed by atoms with Gasteiger partial charge in [-0.3, -0.25) is 24.0 Å². The fourth-order valence-corrected chi connectivity index (χ4v) is 6.61. The van der Waals surface area contributed by atoms with Gasteiger partial charge in [-0.05, 0) is 12.1 Å². The van der Waals surface area contributed by atoms with E-state index in [0.29, 0.717) is 0 Å². The van der Waals surface area contributed by atoms with Crippen molar-refractivity contribution in [3.63, 3.8) is 0 Å². The molecule has 4 unspecified atom stereocenters. The van der Waals surface area contributed by atoms with E-state index in [1.54, 1.807) is 6.07 Å². The highest BCUT2D eigenvalue weighted by atomic mass is 31.3. The zero-order valence-corrected chi connectivity index (χ0v) is 19.9. The Morgan fingerprint density at radius 1 is 0.971 bits per heavy atom. The maximum atomic E-state index is 12.1. The Bertz CT molecular complexity index is 1300. The lowest BCUT2D eigenvalue weighted by Crippen LogP contribution is -2.37. The topological polar surface area (TPSA) is 256 Å². The molecule has 0 amide bonds. The maximum Gasteiger partial charge on any atom is 0.489 e. The van der Waals surface area contributed by atoms with E-state index in [0.717, 1.165) is 16.8 Å². The third-order valence-electron chi connectivity index (χ3n) is 4.33. The molecule has 2 aromatic rings. The van der Waals surface area contributed by atoms with Crippen LogP contribution in [0.15, 0.2) is 52.2 Å². The number of benzene rings is 1. The summed E-state index contributed by atoms with van der Waals surface area (Å²) in [7, 11) is -16.2. The molecule has 17 nitrogen and oxygen atoms in total. The molecule has 1 saturated heterocycles. The lowest BCUT2D eigenvalue weighted by molar-refractivity contribution is -0.0542. The number of aromatic nitrogens is 2. The second-order valence-corrected chi connectivity index (χ2v) is 11.7. The van der Waals surface area contributed by atoms with E-state index < -0.39 is 65.8 Å². The Morgan fingerprint density at radius 3 is 2.26 bits per heavy atom. The standard InChI is InChI=1S/C15H20N3O14P3/c19-11-6-7-18(15(22)16-11)14-13(21)12(20)10(30-14)8-29-34(25,26)32-35(27,28)31-33(23,24)17-9-4-2-1-3-5-9/h1-7,10,12-14,20-21H,8H2,(H,25,26)(H,27,28)(H,16,19,22)(H2,17,23,24)/t10-,12+,13?,14-/m1/s1. The Labute approximate surface area is 195 Å². The number of phosphoric acid groups is 2. The number of anilines is 1. The Kier molecular flexibility index (Phi) is 8.34. The van der Waals surface area contributed by atoms with Gasteiger partial charge in [0.15, 0.2) is 6.23 Å². The molecule has 1 aromatic heterocycles. The van der Waals surface area contributed by atoms with Crippen LogP contribution in [0.3, 0.4) is 0 Å². The van der Waals surface area contributed by atoms with Crippen LogP contribution in [0.25, 0.3) is 0 Å². The van der Waals surface area contributed by atoms with Crippen molar-refractivity contribution in [2.24, 2.45) is 0 Å². The first-order valence-electron chi connectivity index (χ1n) is 9.40. The fraction of sp³-hybridized carbons (Fsp3) is 0.333. The molecule has 1 aliphatic rings. The van der Waals surface area contributed by atoms with Gasteiger partial charge < -0.3 is 29.6 Å². The number of nitrogens with zero attached hydrogens (tertiary/aromatic N) is 1. The van der Waals surface area contributed by atoms with Gasteiger partial charge in [0.25, 0.3) is 5.56 Å². The lowest BCUT2D eigenvalue weighted by Gasteiger charge is -2.20. The van der Waals surface area contributed by atoms with Crippen molar-refractivity contribution in [2.75, 3.05) is 11.7 Å². The number of H-pyrrole nitrogens is 1. The predicted molar refractivity (Wildman–Crippen MR) is 115 cm³/mol. The highest BCUT2D eigenvalue weighted by Crippen LogP contribution is 2.67. The summed E-state index contributed by atoms with van der Waals surface area (Å²) >= 11 is 0. The Hall–Kier alpha value is -1.97. The van der Waals surface area contributed by atoms with Crippen LogP contribution in [0, 0.1) is 0 Å². The maximum absolute atomic E-state index is 12.1. The number of nitrogens with one attached hydrogen (secondary N) is 2. The summed E-state index contributed by atoms with van der Waals surface area (Å²) in [6.07, 6.45) is -5.63. The van der Waals surface area contributed by atoms with Crippen molar-refractivity contribution in [1.29, 1.82) is 0 Å². The molecule has 20 heteroatoms. The molecule has 194 valence electrons. The molecule has 0 aliphatic carbocycles. The summed E-state index contributed by atoms with van der Waals surface area (Å²) in [5, 5.41) is 22.1. The predicted octanol–water partition coefficient (Wildman–Crippen LogP) is -0.381. The van der Waals surface area contributed by atoms with Crippen molar-refractivity contribution in [2.45, 2.75) is 24.5 Å². The van der Waals surface area contributed by atoms with E-state index in [4.69, 9.17) is 4.74 Å². The number of hydrogen-bond donors (Lipinski definition) is 7. The van der Waals surface area contributed by atoms with Crippen LogP contribution in [0.2, 0.25) is 0 Å². The molecular weight excluding hydrogens is 539 g/mol. The van der Waals surface area contributed by atoms with E-state index >= 15 is 0 Å². The molecular formula is C15H20N3O14P3. The summed E-state index contributed by atoms with van der Waals surface area (Å²) < 4.78 is 54.6. The average molecular weight is 559 g/mol. The number of aromatic amines is 1. The van der Waals surface area contributed by atoms with Crippen LogP contribution >= 0.6 is 23.4 Å². The van der Waals surface area contributed by atoms with Gasteiger partial charge in [0, 0.05) is 18.0 Å².